The summed E-state index contributed by atoms with van der Waals surface area (Å²) in [6.45, 7) is 0. The highest BCUT2D eigenvalue weighted by Gasteiger charge is 2.15. The normalized spacial score (nSPS) is 10.9. The first-order valence-electron chi connectivity index (χ1n) is 19.1. The first kappa shape index (κ1) is 34.4. The maximum atomic E-state index is 3.69. The summed E-state index contributed by atoms with van der Waals surface area (Å²) < 4.78 is 0. The van der Waals surface area contributed by atoms with Crippen molar-refractivity contribution < 1.29 is 0 Å². The second kappa shape index (κ2) is 15.9. The minimum atomic E-state index is 1.05. The Kier molecular flexibility index (Phi) is 9.75. The fourth-order valence-electron chi connectivity index (χ4n) is 7.36. The van der Waals surface area contributed by atoms with Crippen LogP contribution in [0.15, 0.2) is 237 Å². The molecule has 0 bridgehead atoms. The Labute approximate surface area is 329 Å². The van der Waals surface area contributed by atoms with E-state index in [9.17, 15) is 0 Å². The minimum absolute atomic E-state index is 1.05. The molecule has 0 saturated heterocycles. The van der Waals surface area contributed by atoms with Crippen LogP contribution in [0.4, 0.5) is 28.4 Å². The molecule has 1 N–H and O–H groups in total. The lowest BCUT2D eigenvalue weighted by Crippen LogP contribution is -2.09. The fraction of sp³-hybridized carbons (Fsp3) is 0. The van der Waals surface area contributed by atoms with E-state index in [1.807, 2.05) is 6.07 Å². The second-order valence-corrected chi connectivity index (χ2v) is 13.9. The maximum absolute atomic E-state index is 3.69. The van der Waals surface area contributed by atoms with E-state index in [0.717, 1.165) is 50.7 Å². The summed E-state index contributed by atoms with van der Waals surface area (Å²) >= 11 is 0. The summed E-state index contributed by atoms with van der Waals surface area (Å²) in [7, 11) is 0. The molecule has 2 heteroatoms. The van der Waals surface area contributed by atoms with E-state index in [2.05, 4.69) is 241 Å². The Morgan fingerprint density at radius 2 is 0.589 bits per heavy atom. The van der Waals surface area contributed by atoms with E-state index in [-0.39, 0.29) is 0 Å². The predicted molar refractivity (Wildman–Crippen MR) is 238 cm³/mol. The lowest BCUT2D eigenvalue weighted by molar-refractivity contribution is 1.28. The van der Waals surface area contributed by atoms with Crippen LogP contribution in [0.2, 0.25) is 0 Å². The molecule has 0 aliphatic heterocycles. The van der Waals surface area contributed by atoms with E-state index in [1.54, 1.807) is 0 Å². The molecule has 0 atom stereocenters. The maximum Gasteiger partial charge on any atom is 0.0464 e. The molecular weight excluding hydrogens is 677 g/mol. The molecule has 0 fully saturated rings. The summed E-state index contributed by atoms with van der Waals surface area (Å²) in [4.78, 5) is 2.33. The van der Waals surface area contributed by atoms with E-state index in [4.69, 9.17) is 0 Å². The lowest BCUT2D eigenvalue weighted by Gasteiger charge is -2.26. The molecule has 0 radical (unpaired) electrons. The van der Waals surface area contributed by atoms with E-state index >= 15 is 0 Å². The standard InChI is InChI=1S/C54H40N2/c1-5-14-40(15-6-1)43-24-31-50(32-25-43)56(51-33-26-44(27-34-51)41-16-7-2-8-17-41)52-35-28-45(29-36-52)47-30-37-54(55-49-22-11-4-12-23-49)53(39-47)48-21-13-20-46(38-48)42-18-9-3-10-19-42/h1-39,55H. The number of benzene rings is 9. The third kappa shape index (κ3) is 7.50. The quantitative estimate of drug-likeness (QED) is 0.152. The van der Waals surface area contributed by atoms with Crippen LogP contribution in [0.25, 0.3) is 55.6 Å². The average Bonchev–Trinajstić information content (AvgIpc) is 3.29. The van der Waals surface area contributed by atoms with Crippen molar-refractivity contribution in [3.05, 3.63) is 237 Å². The molecule has 56 heavy (non-hydrogen) atoms. The molecule has 0 aromatic heterocycles. The number of para-hydroxylation sites is 1. The number of nitrogens with zero attached hydrogens (tertiary/aromatic N) is 1. The molecule has 0 aliphatic carbocycles. The van der Waals surface area contributed by atoms with E-state index in [1.165, 1.54) is 33.4 Å². The van der Waals surface area contributed by atoms with Crippen LogP contribution in [0.5, 0.6) is 0 Å². The van der Waals surface area contributed by atoms with Crippen LogP contribution in [-0.4, -0.2) is 0 Å². The molecule has 9 rings (SSSR count). The van der Waals surface area contributed by atoms with Crippen LogP contribution in [0, 0.1) is 0 Å². The van der Waals surface area contributed by atoms with Crippen LogP contribution in [0.1, 0.15) is 0 Å². The topological polar surface area (TPSA) is 15.3 Å². The third-order valence-electron chi connectivity index (χ3n) is 10.3. The Hall–Kier alpha value is -7.42. The van der Waals surface area contributed by atoms with E-state index in [0.29, 0.717) is 0 Å². The zero-order valence-corrected chi connectivity index (χ0v) is 31.0. The highest BCUT2D eigenvalue weighted by Crippen LogP contribution is 2.40. The highest BCUT2D eigenvalue weighted by atomic mass is 15.1. The Balaban J connectivity index is 1.08. The molecular formula is C54H40N2. The Morgan fingerprint density at radius 3 is 1.07 bits per heavy atom. The van der Waals surface area contributed by atoms with Gasteiger partial charge in [-0.25, -0.2) is 0 Å². The fourth-order valence-corrected chi connectivity index (χ4v) is 7.36. The Morgan fingerprint density at radius 1 is 0.250 bits per heavy atom. The van der Waals surface area contributed by atoms with Crippen LogP contribution >= 0.6 is 0 Å². The largest absolute Gasteiger partial charge is 0.355 e. The summed E-state index contributed by atoms with van der Waals surface area (Å²) in [5, 5.41) is 3.69. The van der Waals surface area contributed by atoms with Crippen LogP contribution in [-0.2, 0) is 0 Å². The smallest absolute Gasteiger partial charge is 0.0464 e. The molecule has 9 aromatic carbocycles. The van der Waals surface area contributed by atoms with Crippen molar-refractivity contribution in [3.63, 3.8) is 0 Å². The molecule has 9 aromatic rings. The van der Waals surface area contributed by atoms with Gasteiger partial charge in [-0.05, 0) is 117 Å². The number of rotatable bonds is 10. The van der Waals surface area contributed by atoms with Crippen molar-refractivity contribution in [1.29, 1.82) is 0 Å². The number of anilines is 5. The number of hydrogen-bond donors (Lipinski definition) is 1. The van der Waals surface area contributed by atoms with Crippen molar-refractivity contribution in [3.8, 4) is 55.6 Å². The molecule has 0 aliphatic rings. The van der Waals surface area contributed by atoms with Crippen molar-refractivity contribution >= 4 is 28.4 Å². The van der Waals surface area contributed by atoms with Gasteiger partial charge in [-0.2, -0.15) is 0 Å². The average molecular weight is 717 g/mol. The van der Waals surface area contributed by atoms with Crippen LogP contribution < -0.4 is 10.2 Å². The van der Waals surface area contributed by atoms with Gasteiger partial charge in [0.25, 0.3) is 0 Å². The van der Waals surface area contributed by atoms with Gasteiger partial charge < -0.3 is 10.2 Å². The van der Waals surface area contributed by atoms with Crippen molar-refractivity contribution in [2.45, 2.75) is 0 Å². The predicted octanol–water partition coefficient (Wildman–Crippen LogP) is 15.2. The summed E-state index contributed by atoms with van der Waals surface area (Å²) in [6, 6.07) is 84.3. The molecule has 266 valence electrons. The minimum Gasteiger partial charge on any atom is -0.355 e. The van der Waals surface area contributed by atoms with Crippen LogP contribution in [0.3, 0.4) is 0 Å². The summed E-state index contributed by atoms with van der Waals surface area (Å²) in [5.41, 5.74) is 17.2. The molecule has 0 unspecified atom stereocenters. The van der Waals surface area contributed by atoms with Gasteiger partial charge in [0, 0.05) is 34.0 Å². The SMILES string of the molecule is c1ccc(Nc2ccc(-c3ccc(N(c4ccc(-c5ccccc5)cc4)c4ccc(-c5ccccc5)cc4)cc3)cc2-c2cccc(-c3ccccc3)c2)cc1. The van der Waals surface area contributed by atoms with Gasteiger partial charge in [0.05, 0.1) is 0 Å². The highest BCUT2D eigenvalue weighted by molar-refractivity contribution is 5.88. The summed E-state index contributed by atoms with van der Waals surface area (Å²) in [5.74, 6) is 0. The first-order valence-corrected chi connectivity index (χ1v) is 19.1. The van der Waals surface area contributed by atoms with Crippen molar-refractivity contribution in [2.75, 3.05) is 10.2 Å². The molecule has 0 amide bonds. The molecule has 0 spiro atoms. The zero-order valence-electron chi connectivity index (χ0n) is 31.0. The molecule has 0 heterocycles. The van der Waals surface area contributed by atoms with Gasteiger partial charge in [0.2, 0.25) is 0 Å². The monoisotopic (exact) mass is 716 g/mol. The van der Waals surface area contributed by atoms with Gasteiger partial charge in [-0.15, -0.1) is 0 Å². The van der Waals surface area contributed by atoms with Gasteiger partial charge in [0.1, 0.15) is 0 Å². The van der Waals surface area contributed by atoms with Crippen molar-refractivity contribution in [1.82, 2.24) is 0 Å². The second-order valence-electron chi connectivity index (χ2n) is 13.9. The lowest BCUT2D eigenvalue weighted by atomic mass is 9.94. The van der Waals surface area contributed by atoms with E-state index < -0.39 is 0 Å². The zero-order chi connectivity index (χ0) is 37.5. The third-order valence-corrected chi connectivity index (χ3v) is 10.3. The van der Waals surface area contributed by atoms with Gasteiger partial charge >= 0.3 is 0 Å². The summed E-state index contributed by atoms with van der Waals surface area (Å²) in [6.07, 6.45) is 0. The molecule has 2 nitrogen and oxygen atoms in total. The first-order chi connectivity index (χ1) is 27.7. The van der Waals surface area contributed by atoms with Crippen molar-refractivity contribution in [2.24, 2.45) is 0 Å². The van der Waals surface area contributed by atoms with Gasteiger partial charge in [-0.3, -0.25) is 0 Å². The van der Waals surface area contributed by atoms with Gasteiger partial charge in [0.15, 0.2) is 0 Å². The Bertz CT molecular complexity index is 2570. The molecule has 0 saturated carbocycles. The number of nitrogens with one attached hydrogen (secondary N) is 1. The van der Waals surface area contributed by atoms with Gasteiger partial charge in [-0.1, -0.05) is 170 Å². The number of hydrogen-bond acceptors (Lipinski definition) is 2.